The van der Waals surface area contributed by atoms with Gasteiger partial charge >= 0.3 is 12.1 Å². The van der Waals surface area contributed by atoms with E-state index in [1.165, 1.54) is 6.92 Å². The molecule has 0 aliphatic carbocycles. The number of nitrogens with one attached hydrogen (secondary N) is 1. The molecule has 2 fully saturated rings. The number of ether oxygens (including phenoxy) is 3. The van der Waals surface area contributed by atoms with Crippen LogP contribution in [0.4, 0.5) is 4.79 Å². The number of ketones is 2. The molecule has 1 aromatic heterocycles. The Kier molecular flexibility index (Phi) is 17.8. The van der Waals surface area contributed by atoms with Crippen LogP contribution in [0.2, 0.25) is 0 Å². The second kappa shape index (κ2) is 20.4. The van der Waals surface area contributed by atoms with Gasteiger partial charge < -0.3 is 19.5 Å². The van der Waals surface area contributed by atoms with Gasteiger partial charge in [0.2, 0.25) is 0 Å². The van der Waals surface area contributed by atoms with Crippen molar-refractivity contribution in [1.29, 1.82) is 0 Å². The number of carbonyl (C=O) groups is 4. The van der Waals surface area contributed by atoms with E-state index in [0.717, 1.165) is 16.5 Å². The van der Waals surface area contributed by atoms with Crippen LogP contribution in [0.5, 0.6) is 0 Å². The van der Waals surface area contributed by atoms with Gasteiger partial charge in [0.25, 0.3) is 0 Å². The molecule has 1 N–H and O–H groups in total. The maximum absolute atomic E-state index is 13.5. The summed E-state index contributed by atoms with van der Waals surface area (Å²) >= 11 is 0. The summed E-state index contributed by atoms with van der Waals surface area (Å²) in [6, 6.07) is 9.23. The molecule has 9 nitrogen and oxygen atoms in total. The van der Waals surface area contributed by atoms with E-state index in [1.807, 2.05) is 97.9 Å². The number of alkyl carbamates (subject to hydrolysis) is 1. The van der Waals surface area contributed by atoms with Crippen LogP contribution in [0.1, 0.15) is 101 Å². The summed E-state index contributed by atoms with van der Waals surface area (Å²) in [6.07, 6.45) is 5.73. The van der Waals surface area contributed by atoms with Gasteiger partial charge in [-0.3, -0.25) is 19.4 Å². The van der Waals surface area contributed by atoms with Gasteiger partial charge in [-0.1, -0.05) is 71.9 Å². The average molecular weight is 665 g/mol. The SMILES string of the molecule is CC.CC.CC#CC.CC1C(=O)CC[C@](C)(OC/C=C/c2cnc3ccccc3c2)C[C@@H](C)C(=O)C(C)C2NC(=O)O[C@]2(C)COC1=O. The summed E-state index contributed by atoms with van der Waals surface area (Å²) in [4.78, 5) is 55.7. The van der Waals surface area contributed by atoms with Crippen molar-refractivity contribution in [2.24, 2.45) is 17.8 Å². The number of benzene rings is 1. The first-order valence-electron chi connectivity index (χ1n) is 17.0. The van der Waals surface area contributed by atoms with E-state index in [2.05, 4.69) is 22.1 Å². The Morgan fingerprint density at radius 3 is 2.31 bits per heavy atom. The van der Waals surface area contributed by atoms with Crippen LogP contribution >= 0.6 is 0 Å². The second-order valence-electron chi connectivity index (χ2n) is 12.0. The number of fused-ring (bicyclic) bond motifs is 2. The van der Waals surface area contributed by atoms with Crippen LogP contribution in [-0.4, -0.2) is 59.1 Å². The molecule has 0 radical (unpaired) electrons. The van der Waals surface area contributed by atoms with E-state index in [4.69, 9.17) is 14.2 Å². The van der Waals surface area contributed by atoms with E-state index in [-0.39, 0.29) is 31.2 Å². The molecular formula is C39H56N2O7. The molecule has 0 spiro atoms. The molecule has 0 saturated carbocycles. The highest BCUT2D eigenvalue weighted by Crippen LogP contribution is 2.34. The number of amides is 1. The molecule has 48 heavy (non-hydrogen) atoms. The van der Waals surface area contributed by atoms with Gasteiger partial charge in [0.15, 0.2) is 5.60 Å². The van der Waals surface area contributed by atoms with Gasteiger partial charge in [-0.05, 0) is 65.2 Å². The lowest BCUT2D eigenvalue weighted by molar-refractivity contribution is -0.158. The second-order valence-corrected chi connectivity index (χ2v) is 12.0. The zero-order valence-electron chi connectivity index (χ0n) is 30.8. The average Bonchev–Trinajstić information content (AvgIpc) is 3.41. The minimum atomic E-state index is -1.24. The predicted octanol–water partition coefficient (Wildman–Crippen LogP) is 7.75. The van der Waals surface area contributed by atoms with Crippen molar-refractivity contribution in [1.82, 2.24) is 10.3 Å². The molecule has 4 rings (SSSR count). The summed E-state index contributed by atoms with van der Waals surface area (Å²) < 4.78 is 17.2. The minimum Gasteiger partial charge on any atom is -0.461 e. The fourth-order valence-corrected chi connectivity index (χ4v) is 5.64. The molecular weight excluding hydrogens is 608 g/mol. The first-order valence-corrected chi connectivity index (χ1v) is 17.0. The predicted molar refractivity (Wildman–Crippen MR) is 191 cm³/mol. The Labute approximate surface area is 287 Å². The van der Waals surface area contributed by atoms with Crippen molar-refractivity contribution in [3.8, 4) is 11.8 Å². The van der Waals surface area contributed by atoms with E-state index in [0.29, 0.717) is 12.8 Å². The number of rotatable bonds is 4. The third-order valence-corrected chi connectivity index (χ3v) is 8.37. The van der Waals surface area contributed by atoms with Gasteiger partial charge in [0, 0.05) is 29.8 Å². The van der Waals surface area contributed by atoms with Crippen LogP contribution in [0, 0.1) is 29.6 Å². The monoisotopic (exact) mass is 664 g/mol. The molecule has 3 heterocycles. The Hall–Kier alpha value is -4.03. The van der Waals surface area contributed by atoms with E-state index in [9.17, 15) is 19.2 Å². The fourth-order valence-electron chi connectivity index (χ4n) is 5.64. The van der Waals surface area contributed by atoms with Crippen LogP contribution in [0.25, 0.3) is 17.0 Å². The number of hydrogen-bond donors (Lipinski definition) is 1. The van der Waals surface area contributed by atoms with Crippen LogP contribution < -0.4 is 5.32 Å². The molecule has 9 heteroatoms. The van der Waals surface area contributed by atoms with Crippen molar-refractivity contribution in [3.05, 3.63) is 48.2 Å². The molecule has 6 atom stereocenters. The van der Waals surface area contributed by atoms with Crippen LogP contribution in [0.15, 0.2) is 42.6 Å². The highest BCUT2D eigenvalue weighted by molar-refractivity contribution is 5.98. The summed E-state index contributed by atoms with van der Waals surface area (Å²) in [5, 5.41) is 3.75. The topological polar surface area (TPSA) is 121 Å². The number of aromatic nitrogens is 1. The zero-order chi connectivity index (χ0) is 36.5. The molecule has 2 saturated heterocycles. The molecule has 1 amide bonds. The maximum Gasteiger partial charge on any atom is 0.408 e. The fraction of sp³-hybridized carbons (Fsp3) is 0.564. The number of nitrogens with zero attached hydrogens (tertiary/aromatic N) is 1. The maximum atomic E-state index is 13.5. The first kappa shape index (κ1) is 42.0. The number of hydrogen-bond acceptors (Lipinski definition) is 8. The van der Waals surface area contributed by atoms with Gasteiger partial charge in [-0.2, -0.15) is 0 Å². The Morgan fingerprint density at radius 2 is 1.67 bits per heavy atom. The van der Waals surface area contributed by atoms with Crippen molar-refractivity contribution < 1.29 is 33.4 Å². The Balaban J connectivity index is 0.00000132. The molecule has 264 valence electrons. The molecule has 1 aromatic carbocycles. The quantitative estimate of drug-likeness (QED) is 0.200. The first-order chi connectivity index (χ1) is 22.8. The van der Waals surface area contributed by atoms with Gasteiger partial charge in [0.05, 0.1) is 23.8 Å². The lowest BCUT2D eigenvalue weighted by atomic mass is 9.77. The standard InChI is InChI=1S/C31H38N2O7.C4H6.2C2H6/c1-19-16-30(4,39-14-8-9-22-15-23-10-6-7-11-24(23)32-17-22)13-12-25(34)20(2)28(36)38-18-31(5)27(21(3)26(19)35)33-29(37)40-31;1-3-4-2;2*1-2/h6-11,15,17,19-21,27H,12-14,16,18H2,1-5H3,(H,33,37);1-2H3;2*1-2H3/b9-8+;;;/t19-,20?,21?,27?,30+,31-;;;/m1.../s1. The van der Waals surface area contributed by atoms with Crippen molar-refractivity contribution >= 4 is 40.6 Å². The Morgan fingerprint density at radius 1 is 1.02 bits per heavy atom. The van der Waals surface area contributed by atoms with Crippen LogP contribution in [-0.2, 0) is 28.6 Å². The lowest BCUT2D eigenvalue weighted by Gasteiger charge is -2.35. The molecule has 2 aromatic rings. The van der Waals surface area contributed by atoms with Crippen molar-refractivity contribution in [2.75, 3.05) is 13.2 Å². The third-order valence-electron chi connectivity index (χ3n) is 8.37. The number of pyridine rings is 1. The number of Topliss-reactive ketones (excluding diaryl/α,β-unsaturated/α-hetero) is 2. The third kappa shape index (κ3) is 11.9. The Bertz CT molecular complexity index is 1450. The smallest absolute Gasteiger partial charge is 0.408 e. The van der Waals surface area contributed by atoms with Crippen LogP contribution in [0.3, 0.4) is 0 Å². The molecule has 2 aliphatic rings. The zero-order valence-corrected chi connectivity index (χ0v) is 30.8. The number of esters is 1. The van der Waals surface area contributed by atoms with Gasteiger partial charge in [0.1, 0.15) is 24.1 Å². The highest BCUT2D eigenvalue weighted by Gasteiger charge is 2.51. The number of para-hydroxylation sites is 1. The number of carbonyl (C=O) groups excluding carboxylic acids is 4. The summed E-state index contributed by atoms with van der Waals surface area (Å²) in [5.74, 6) is 2.33. The highest BCUT2D eigenvalue weighted by atomic mass is 16.6. The summed E-state index contributed by atoms with van der Waals surface area (Å²) in [6.45, 7) is 20.3. The lowest BCUT2D eigenvalue weighted by Crippen LogP contribution is -2.52. The summed E-state index contributed by atoms with van der Waals surface area (Å²) in [7, 11) is 0. The van der Waals surface area contributed by atoms with Crippen molar-refractivity contribution in [2.45, 2.75) is 113 Å². The van der Waals surface area contributed by atoms with E-state index >= 15 is 0 Å². The van der Waals surface area contributed by atoms with E-state index in [1.54, 1.807) is 20.0 Å². The molecule has 2 aliphatic heterocycles. The van der Waals surface area contributed by atoms with Gasteiger partial charge in [-0.25, -0.2) is 4.79 Å². The largest absolute Gasteiger partial charge is 0.461 e. The van der Waals surface area contributed by atoms with Crippen molar-refractivity contribution in [3.63, 3.8) is 0 Å². The number of cyclic esters (lactones) is 1. The minimum absolute atomic E-state index is 0.0716. The van der Waals surface area contributed by atoms with E-state index < -0.39 is 47.1 Å². The normalized spacial score (nSPS) is 27.5. The van der Waals surface area contributed by atoms with Gasteiger partial charge in [-0.15, -0.1) is 11.8 Å². The molecule has 3 unspecified atom stereocenters. The molecule has 0 bridgehead atoms. The summed E-state index contributed by atoms with van der Waals surface area (Å²) in [5.41, 5.74) is -0.204.